The van der Waals surface area contributed by atoms with Crippen LogP contribution in [0, 0.1) is 17.5 Å². The van der Waals surface area contributed by atoms with E-state index in [1.807, 2.05) is 0 Å². The molecule has 1 aromatic carbocycles. The lowest BCUT2D eigenvalue weighted by atomic mass is 10.1. The maximum atomic E-state index is 14.5. The number of hydrogen-bond donors (Lipinski definition) is 1. The number of hydrogen-bond acceptors (Lipinski definition) is 6. The van der Waals surface area contributed by atoms with Crippen molar-refractivity contribution >= 4 is 28.5 Å². The number of rotatable bonds is 6. The first-order chi connectivity index (χ1) is 12.3. The van der Waals surface area contributed by atoms with Crippen LogP contribution in [0.15, 0.2) is 16.6 Å². The van der Waals surface area contributed by atoms with Crippen LogP contribution in [-0.4, -0.2) is 42.1 Å². The first-order valence-corrected chi connectivity index (χ1v) is 9.02. The van der Waals surface area contributed by atoms with Crippen molar-refractivity contribution in [2.45, 2.75) is 25.8 Å². The number of aliphatic hydroxyl groups excluding tert-OH is 1. The number of benzene rings is 1. The molecular weight excluding hydrogens is 371 g/mol. The van der Waals surface area contributed by atoms with E-state index in [2.05, 4.69) is 9.73 Å². The molecule has 0 saturated heterocycles. The Bertz CT molecular complexity index is 776. The van der Waals surface area contributed by atoms with Gasteiger partial charge in [-0.15, -0.1) is 11.8 Å². The summed E-state index contributed by atoms with van der Waals surface area (Å²) in [5.74, 6) is -7.14. The van der Waals surface area contributed by atoms with E-state index in [0.717, 1.165) is 31.7 Å². The lowest BCUT2D eigenvalue weighted by Gasteiger charge is -2.14. The third-order valence-corrected chi connectivity index (χ3v) is 4.24. The smallest absolute Gasteiger partial charge is 0.344 e. The van der Waals surface area contributed by atoms with Gasteiger partial charge in [0.2, 0.25) is 5.82 Å². The van der Waals surface area contributed by atoms with E-state index in [1.165, 1.54) is 0 Å². The Morgan fingerprint density at radius 2 is 2.00 bits per heavy atom. The van der Waals surface area contributed by atoms with Crippen molar-refractivity contribution in [3.8, 4) is 5.75 Å². The van der Waals surface area contributed by atoms with E-state index in [9.17, 15) is 23.1 Å². The van der Waals surface area contributed by atoms with Crippen LogP contribution in [0.3, 0.4) is 0 Å². The number of esters is 1. The lowest BCUT2D eigenvalue weighted by Crippen LogP contribution is -2.17. The maximum Gasteiger partial charge on any atom is 0.344 e. The van der Waals surface area contributed by atoms with Gasteiger partial charge in [-0.2, -0.15) is 4.39 Å². The van der Waals surface area contributed by atoms with Crippen molar-refractivity contribution in [1.82, 2.24) is 0 Å². The van der Waals surface area contributed by atoms with Gasteiger partial charge in [0.15, 0.2) is 17.4 Å². The molecule has 0 atom stereocenters. The van der Waals surface area contributed by atoms with Gasteiger partial charge in [0.05, 0.1) is 25.3 Å². The number of aliphatic hydroxyl groups is 1. The number of aliphatic imine (C=N–C) groups is 1. The molecule has 1 aliphatic rings. The molecule has 9 heteroatoms. The Hall–Kier alpha value is -2.16. The Labute approximate surface area is 152 Å². The minimum Gasteiger partial charge on any atom is -0.506 e. The average Bonchev–Trinajstić information content (AvgIpc) is 3.42. The summed E-state index contributed by atoms with van der Waals surface area (Å²) in [6, 6.07) is 0.454. The molecule has 0 bridgehead atoms. The maximum absolute atomic E-state index is 14.5. The van der Waals surface area contributed by atoms with Gasteiger partial charge in [-0.25, -0.2) is 13.6 Å². The third kappa shape index (κ3) is 4.14. The van der Waals surface area contributed by atoms with Gasteiger partial charge >= 0.3 is 5.97 Å². The second-order valence-electron chi connectivity index (χ2n) is 5.38. The average molecular weight is 389 g/mol. The summed E-state index contributed by atoms with van der Waals surface area (Å²) in [5, 5.41) is 10.7. The van der Waals surface area contributed by atoms with Crippen molar-refractivity contribution in [2.24, 2.45) is 4.99 Å². The van der Waals surface area contributed by atoms with Crippen LogP contribution in [0.2, 0.25) is 0 Å². The van der Waals surface area contributed by atoms with E-state index < -0.39 is 46.1 Å². The molecule has 0 radical (unpaired) electrons. The van der Waals surface area contributed by atoms with Gasteiger partial charge in [-0.1, -0.05) is 0 Å². The third-order valence-electron chi connectivity index (χ3n) is 3.55. The number of carbonyl (C=O) groups is 1. The minimum absolute atomic E-state index is 0.000913. The second-order valence-corrected chi connectivity index (χ2v) is 6.18. The number of halogens is 3. The van der Waals surface area contributed by atoms with Crippen LogP contribution in [-0.2, 0) is 9.53 Å². The number of methoxy groups -OCH3 is 1. The zero-order valence-electron chi connectivity index (χ0n) is 14.4. The largest absolute Gasteiger partial charge is 0.506 e. The van der Waals surface area contributed by atoms with Gasteiger partial charge in [-0.05, 0) is 32.1 Å². The summed E-state index contributed by atoms with van der Waals surface area (Å²) in [4.78, 5) is 16.6. The summed E-state index contributed by atoms with van der Waals surface area (Å²) < 4.78 is 51.3. The molecule has 0 aliphatic heterocycles. The molecular formula is C17H18F3NO4S. The first kappa shape index (κ1) is 20.2. The first-order valence-electron chi connectivity index (χ1n) is 7.79. The fraction of sp³-hybridized carbons (Fsp3) is 0.412. The minimum atomic E-state index is -1.53. The molecule has 1 fully saturated rings. The van der Waals surface area contributed by atoms with Crippen molar-refractivity contribution in [3.63, 3.8) is 0 Å². The van der Waals surface area contributed by atoms with Crippen molar-refractivity contribution < 1.29 is 32.5 Å². The molecule has 142 valence electrons. The Morgan fingerprint density at radius 3 is 2.50 bits per heavy atom. The molecule has 26 heavy (non-hydrogen) atoms. The molecule has 0 unspecified atom stereocenters. The number of nitrogens with zero attached hydrogens (tertiary/aromatic N) is 1. The molecule has 1 aromatic rings. The molecule has 0 amide bonds. The SMILES string of the molecule is CCOC(=O)/C(C(=NC1CC1)SC)=C(\O)c1cc(F)c(F)c(OC)c1F. The second kappa shape index (κ2) is 8.48. The monoisotopic (exact) mass is 389 g/mol. The van der Waals surface area contributed by atoms with Crippen molar-refractivity contribution in [2.75, 3.05) is 20.0 Å². The number of thioether (sulfide) groups is 1. The fourth-order valence-electron chi connectivity index (χ4n) is 2.14. The highest BCUT2D eigenvalue weighted by atomic mass is 32.2. The molecule has 1 saturated carbocycles. The Kier molecular flexibility index (Phi) is 6.57. The molecule has 1 aliphatic carbocycles. The topological polar surface area (TPSA) is 68.1 Å². The highest BCUT2D eigenvalue weighted by molar-refractivity contribution is 8.14. The van der Waals surface area contributed by atoms with Crippen molar-refractivity contribution in [1.29, 1.82) is 0 Å². The van der Waals surface area contributed by atoms with E-state index in [1.54, 1.807) is 13.2 Å². The highest BCUT2D eigenvalue weighted by Gasteiger charge is 2.30. The molecule has 2 rings (SSSR count). The normalized spacial score (nSPS) is 15.5. The van der Waals surface area contributed by atoms with Gasteiger partial charge in [0.1, 0.15) is 16.4 Å². The van der Waals surface area contributed by atoms with Gasteiger partial charge in [0, 0.05) is 0 Å². The Morgan fingerprint density at radius 1 is 1.35 bits per heavy atom. The van der Waals surface area contributed by atoms with Gasteiger partial charge in [0.25, 0.3) is 0 Å². The number of ether oxygens (including phenoxy) is 2. The van der Waals surface area contributed by atoms with E-state index in [0.29, 0.717) is 6.07 Å². The van der Waals surface area contributed by atoms with E-state index >= 15 is 0 Å². The van der Waals surface area contributed by atoms with Crippen molar-refractivity contribution in [3.05, 3.63) is 34.7 Å². The lowest BCUT2D eigenvalue weighted by molar-refractivity contribution is -0.137. The van der Waals surface area contributed by atoms with E-state index in [-0.39, 0.29) is 17.7 Å². The summed E-state index contributed by atoms with van der Waals surface area (Å²) in [5.41, 5.74) is -1.13. The van der Waals surface area contributed by atoms with Crippen LogP contribution >= 0.6 is 11.8 Å². The molecule has 1 N–H and O–H groups in total. The summed E-state index contributed by atoms with van der Waals surface area (Å²) >= 11 is 1.06. The Balaban J connectivity index is 2.69. The van der Waals surface area contributed by atoms with Crippen LogP contribution in [0.25, 0.3) is 5.76 Å². The molecule has 5 nitrogen and oxygen atoms in total. The highest BCUT2D eigenvalue weighted by Crippen LogP contribution is 2.33. The summed E-state index contributed by atoms with van der Waals surface area (Å²) in [7, 11) is 0.958. The molecule has 0 heterocycles. The standard InChI is InChI=1S/C17H18F3NO4S/c1-4-25-17(23)11(16(26-3)21-8-5-6-8)14(22)9-7-10(18)13(20)15(24-2)12(9)19/h7-8,22H,4-6H2,1-3H3/b14-11-,21-16?. The summed E-state index contributed by atoms with van der Waals surface area (Å²) in [6.07, 6.45) is 3.28. The molecule has 0 aromatic heterocycles. The zero-order valence-corrected chi connectivity index (χ0v) is 15.3. The number of carbonyl (C=O) groups excluding carboxylic acids is 1. The predicted octanol–water partition coefficient (Wildman–Crippen LogP) is 3.87. The zero-order chi connectivity index (χ0) is 19.4. The van der Waals surface area contributed by atoms with Crippen LogP contribution in [0.5, 0.6) is 5.75 Å². The van der Waals surface area contributed by atoms with Crippen LogP contribution in [0.4, 0.5) is 13.2 Å². The van der Waals surface area contributed by atoms with E-state index in [4.69, 9.17) is 4.74 Å². The van der Waals surface area contributed by atoms with Crippen LogP contribution < -0.4 is 4.74 Å². The van der Waals surface area contributed by atoms with Gasteiger partial charge < -0.3 is 14.6 Å². The summed E-state index contributed by atoms with van der Waals surface area (Å²) in [6.45, 7) is 1.56. The predicted molar refractivity (Wildman–Crippen MR) is 93.0 cm³/mol. The van der Waals surface area contributed by atoms with Crippen LogP contribution in [0.1, 0.15) is 25.3 Å². The molecule has 0 spiro atoms. The quantitative estimate of drug-likeness (QED) is 0.200. The van der Waals surface area contributed by atoms with Gasteiger partial charge in [-0.3, -0.25) is 4.99 Å². The fourth-order valence-corrected chi connectivity index (χ4v) is 2.78.